The van der Waals surface area contributed by atoms with Crippen LogP contribution >= 0.6 is 26.9 Å². The summed E-state index contributed by atoms with van der Waals surface area (Å²) in [5, 5.41) is 1.63. The Morgan fingerprint density at radius 3 is 2.15 bits per heavy atom. The van der Waals surface area contributed by atoms with E-state index in [1.165, 1.54) is 31.6 Å². The van der Waals surface area contributed by atoms with Crippen molar-refractivity contribution in [2.75, 3.05) is 12.3 Å². The van der Waals surface area contributed by atoms with Crippen molar-refractivity contribution in [1.82, 2.24) is 0 Å². The van der Waals surface area contributed by atoms with E-state index < -0.39 is 4.90 Å². The van der Waals surface area contributed by atoms with E-state index >= 15 is 0 Å². The lowest BCUT2D eigenvalue weighted by molar-refractivity contribution is 0.754. The van der Waals surface area contributed by atoms with Gasteiger partial charge in [0.05, 0.1) is 12.3 Å². The summed E-state index contributed by atoms with van der Waals surface area (Å²) in [6.07, 6.45) is 7.30. The molecule has 0 N–H and O–H groups in total. The van der Waals surface area contributed by atoms with E-state index in [0.29, 0.717) is 0 Å². The van der Waals surface area contributed by atoms with E-state index in [-0.39, 0.29) is 0 Å². The van der Waals surface area contributed by atoms with Crippen LogP contribution in [0, 0.1) is 0 Å². The molecular formula is C11H15IP+. The first-order chi connectivity index (χ1) is 6.31. The average molecular weight is 305 g/mol. The first-order valence-corrected chi connectivity index (χ1v) is 9.88. The van der Waals surface area contributed by atoms with Crippen LogP contribution in [0.3, 0.4) is 0 Å². The fraction of sp³-hybridized carbons (Fsp3) is 0.455. The first kappa shape index (κ1) is 9.92. The zero-order chi connectivity index (χ0) is 9.15. The highest BCUT2D eigenvalue weighted by Crippen LogP contribution is 2.68. The third kappa shape index (κ3) is 2.24. The molecule has 1 heterocycles. The van der Waals surface area contributed by atoms with Crippen molar-refractivity contribution in [2.45, 2.75) is 19.3 Å². The van der Waals surface area contributed by atoms with Crippen LogP contribution in [0.1, 0.15) is 19.3 Å². The average Bonchev–Trinajstić information content (AvgIpc) is 2.20. The molecule has 0 spiro atoms. The van der Waals surface area contributed by atoms with Gasteiger partial charge in [-0.05, 0) is 31.4 Å². The third-order valence-electron chi connectivity index (χ3n) is 2.74. The van der Waals surface area contributed by atoms with E-state index in [1.54, 1.807) is 5.30 Å². The zero-order valence-electron chi connectivity index (χ0n) is 7.75. The molecule has 0 aromatic heterocycles. The van der Waals surface area contributed by atoms with Gasteiger partial charge in [-0.15, -0.1) is 0 Å². The molecule has 2 heteroatoms. The van der Waals surface area contributed by atoms with Gasteiger partial charge in [-0.1, -0.05) is 18.2 Å². The summed E-state index contributed by atoms with van der Waals surface area (Å²) >= 11 is 2.77. The molecule has 0 unspecified atom stereocenters. The van der Waals surface area contributed by atoms with Crippen LogP contribution in [0.4, 0.5) is 0 Å². The lowest BCUT2D eigenvalue weighted by Gasteiger charge is -2.23. The maximum atomic E-state index is 2.77. The SMILES string of the molecule is I[P+]1(c2ccccc2)CCCCC1. The van der Waals surface area contributed by atoms with Crippen LogP contribution < -0.4 is 5.30 Å². The molecule has 1 saturated heterocycles. The molecule has 0 nitrogen and oxygen atoms in total. The third-order valence-corrected chi connectivity index (χ3v) is 10.6. The molecule has 0 aliphatic carbocycles. The summed E-state index contributed by atoms with van der Waals surface area (Å²) in [6, 6.07) is 11.1. The van der Waals surface area contributed by atoms with Crippen LogP contribution in [0.2, 0.25) is 0 Å². The highest BCUT2D eigenvalue weighted by atomic mass is 127. The van der Waals surface area contributed by atoms with Gasteiger partial charge in [-0.3, -0.25) is 0 Å². The summed E-state index contributed by atoms with van der Waals surface area (Å²) in [5.41, 5.74) is 0. The van der Waals surface area contributed by atoms with Crippen molar-refractivity contribution in [3.05, 3.63) is 30.3 Å². The molecule has 70 valence electrons. The van der Waals surface area contributed by atoms with Gasteiger partial charge in [0.1, 0.15) is 10.2 Å². The molecule has 1 aliphatic heterocycles. The van der Waals surface area contributed by atoms with Crippen molar-refractivity contribution in [3.8, 4) is 0 Å². The minimum absolute atomic E-state index is 0.746. The van der Waals surface area contributed by atoms with Crippen molar-refractivity contribution in [1.29, 1.82) is 0 Å². The molecule has 1 aromatic carbocycles. The molecule has 1 aromatic rings. The minimum Gasteiger partial charge on any atom is -0.0620 e. The minimum atomic E-state index is -0.746. The van der Waals surface area contributed by atoms with E-state index in [0.717, 1.165) is 0 Å². The number of rotatable bonds is 1. The summed E-state index contributed by atoms with van der Waals surface area (Å²) in [5.74, 6) is 0. The van der Waals surface area contributed by atoms with Gasteiger partial charge < -0.3 is 0 Å². The Kier molecular flexibility index (Phi) is 3.26. The Hall–Kier alpha value is 0.380. The van der Waals surface area contributed by atoms with E-state index in [2.05, 4.69) is 52.4 Å². The molecule has 0 bridgehead atoms. The molecular weight excluding hydrogens is 290 g/mol. The molecule has 13 heavy (non-hydrogen) atoms. The number of hydrogen-bond acceptors (Lipinski definition) is 0. The van der Waals surface area contributed by atoms with Crippen molar-refractivity contribution in [3.63, 3.8) is 0 Å². The molecule has 0 saturated carbocycles. The fourth-order valence-corrected chi connectivity index (χ4v) is 7.87. The quantitative estimate of drug-likeness (QED) is 0.546. The normalized spacial score (nSPS) is 21.3. The summed E-state index contributed by atoms with van der Waals surface area (Å²) in [4.78, 5) is -0.746. The fourth-order valence-electron chi connectivity index (χ4n) is 1.97. The Balaban J connectivity index is 2.23. The molecule has 1 aliphatic rings. The van der Waals surface area contributed by atoms with Crippen molar-refractivity contribution >= 4 is 32.3 Å². The molecule has 2 rings (SSSR count). The van der Waals surface area contributed by atoms with Gasteiger partial charge in [-0.25, -0.2) is 0 Å². The van der Waals surface area contributed by atoms with Crippen molar-refractivity contribution in [2.24, 2.45) is 0 Å². The van der Waals surface area contributed by atoms with Crippen LogP contribution in [0.5, 0.6) is 0 Å². The second-order valence-corrected chi connectivity index (χ2v) is 12.4. The van der Waals surface area contributed by atoms with Gasteiger partial charge in [0, 0.05) is 0 Å². The molecule has 0 radical (unpaired) electrons. The van der Waals surface area contributed by atoms with Gasteiger partial charge >= 0.3 is 0 Å². The Morgan fingerprint density at radius 1 is 0.923 bits per heavy atom. The summed E-state index contributed by atoms with van der Waals surface area (Å²) < 4.78 is 0. The summed E-state index contributed by atoms with van der Waals surface area (Å²) in [6.45, 7) is 0. The predicted molar refractivity (Wildman–Crippen MR) is 70.6 cm³/mol. The Morgan fingerprint density at radius 2 is 1.54 bits per heavy atom. The second kappa shape index (κ2) is 4.27. The Bertz CT molecular complexity index is 265. The van der Waals surface area contributed by atoms with Crippen molar-refractivity contribution < 1.29 is 0 Å². The lowest BCUT2D eigenvalue weighted by atomic mass is 10.3. The molecule has 1 fully saturated rings. The predicted octanol–water partition coefficient (Wildman–Crippen LogP) is 3.86. The van der Waals surface area contributed by atoms with Crippen LogP contribution in [0.15, 0.2) is 30.3 Å². The van der Waals surface area contributed by atoms with E-state index in [9.17, 15) is 0 Å². The number of benzene rings is 1. The topological polar surface area (TPSA) is 0 Å². The van der Waals surface area contributed by atoms with Gasteiger partial charge in [0.25, 0.3) is 0 Å². The molecule has 0 amide bonds. The van der Waals surface area contributed by atoms with Gasteiger partial charge in [-0.2, -0.15) is 0 Å². The maximum Gasteiger partial charge on any atom is 0.160 e. The second-order valence-electron chi connectivity index (χ2n) is 3.71. The van der Waals surface area contributed by atoms with E-state index in [1.807, 2.05) is 0 Å². The first-order valence-electron chi connectivity index (χ1n) is 4.94. The highest BCUT2D eigenvalue weighted by molar-refractivity contribution is 14.2. The van der Waals surface area contributed by atoms with E-state index in [4.69, 9.17) is 0 Å². The standard InChI is InChI=1S/C11H15IP/c12-13(9-5-2-6-10-13)11-7-3-1-4-8-11/h1,3-4,7-8H,2,5-6,9-10H2/q+1. The largest absolute Gasteiger partial charge is 0.160 e. The monoisotopic (exact) mass is 305 g/mol. The zero-order valence-corrected chi connectivity index (χ0v) is 10.8. The lowest BCUT2D eigenvalue weighted by Crippen LogP contribution is -2.15. The summed E-state index contributed by atoms with van der Waals surface area (Å²) in [7, 11) is 0. The van der Waals surface area contributed by atoms with Gasteiger partial charge in [0.2, 0.25) is 0 Å². The highest BCUT2D eigenvalue weighted by Gasteiger charge is 2.38. The number of halogens is 1. The van der Waals surface area contributed by atoms with Crippen LogP contribution in [-0.2, 0) is 0 Å². The molecule has 0 atom stereocenters. The number of hydrogen-bond donors (Lipinski definition) is 0. The van der Waals surface area contributed by atoms with Crippen LogP contribution in [0.25, 0.3) is 0 Å². The van der Waals surface area contributed by atoms with Crippen LogP contribution in [-0.4, -0.2) is 12.3 Å². The smallest absolute Gasteiger partial charge is 0.0620 e. The Labute approximate surface area is 93.9 Å². The maximum absolute atomic E-state index is 2.77. The van der Waals surface area contributed by atoms with Gasteiger partial charge in [0.15, 0.2) is 22.0 Å².